The number of benzene rings is 1. The molecule has 8 nitrogen and oxygen atoms in total. The van der Waals surface area contributed by atoms with E-state index >= 15 is 0 Å². The summed E-state index contributed by atoms with van der Waals surface area (Å²) >= 11 is 0. The molecule has 1 atom stereocenters. The van der Waals surface area contributed by atoms with Crippen molar-refractivity contribution in [3.63, 3.8) is 0 Å². The van der Waals surface area contributed by atoms with Crippen molar-refractivity contribution < 1.29 is 9.15 Å². The molecule has 0 radical (unpaired) electrons. The minimum Gasteiger partial charge on any atom is -0.484 e. The molecule has 1 aromatic carbocycles. The number of nitrogens with one attached hydrogen (secondary N) is 1. The van der Waals surface area contributed by atoms with Crippen LogP contribution in [0.2, 0.25) is 0 Å². The smallest absolute Gasteiger partial charge is 0.181 e. The molecule has 0 saturated carbocycles. The summed E-state index contributed by atoms with van der Waals surface area (Å²) in [5.41, 5.74) is 3.73. The Morgan fingerprint density at radius 2 is 2.23 bits per heavy atom. The normalized spacial score (nSPS) is 15.7. The van der Waals surface area contributed by atoms with Gasteiger partial charge in [0.1, 0.15) is 29.3 Å². The third-order valence-electron chi connectivity index (χ3n) is 4.48. The fraction of sp³-hybridized carbons (Fsp3) is 0.167. The number of nitrogens with zero attached hydrogens (tertiary/aromatic N) is 5. The first-order valence-electron chi connectivity index (χ1n) is 8.12. The Kier molecular flexibility index (Phi) is 3.18. The first kappa shape index (κ1) is 14.6. The summed E-state index contributed by atoms with van der Waals surface area (Å²) < 4.78 is 11.5. The average Bonchev–Trinajstić information content (AvgIpc) is 3.40. The fourth-order valence-corrected chi connectivity index (χ4v) is 3.26. The molecule has 0 fully saturated rings. The van der Waals surface area contributed by atoms with E-state index in [0.717, 1.165) is 35.0 Å². The van der Waals surface area contributed by atoms with Crippen LogP contribution in [0.1, 0.15) is 29.5 Å². The van der Waals surface area contributed by atoms with Crippen LogP contribution in [0.5, 0.6) is 5.75 Å². The van der Waals surface area contributed by atoms with Crippen molar-refractivity contribution in [1.82, 2.24) is 25.4 Å². The van der Waals surface area contributed by atoms with Crippen molar-refractivity contribution in [2.75, 3.05) is 0 Å². The minimum atomic E-state index is -0.177. The van der Waals surface area contributed by atoms with Crippen LogP contribution in [0.25, 0.3) is 22.4 Å². The summed E-state index contributed by atoms with van der Waals surface area (Å²) in [6, 6.07) is 9.53. The zero-order valence-corrected chi connectivity index (χ0v) is 13.5. The van der Waals surface area contributed by atoms with Crippen LogP contribution in [-0.4, -0.2) is 25.4 Å². The quantitative estimate of drug-likeness (QED) is 0.607. The number of ether oxygens (including phenoxy) is 1. The maximum Gasteiger partial charge on any atom is 0.181 e. The molecule has 5 rings (SSSR count). The largest absolute Gasteiger partial charge is 0.484 e. The van der Waals surface area contributed by atoms with E-state index in [1.54, 1.807) is 12.3 Å². The Morgan fingerprint density at radius 1 is 1.27 bits per heavy atom. The molecule has 0 unspecified atom stereocenters. The summed E-state index contributed by atoms with van der Waals surface area (Å²) in [7, 11) is 0. The molecular formula is C18H12N6O2. The molecule has 0 spiro atoms. The van der Waals surface area contributed by atoms with Gasteiger partial charge in [-0.1, -0.05) is 0 Å². The van der Waals surface area contributed by atoms with Crippen LogP contribution in [0.4, 0.5) is 0 Å². The van der Waals surface area contributed by atoms with Gasteiger partial charge in [0.25, 0.3) is 0 Å². The van der Waals surface area contributed by atoms with Crippen molar-refractivity contribution >= 4 is 10.9 Å². The number of aromatic amines is 1. The molecule has 3 heterocycles. The van der Waals surface area contributed by atoms with E-state index in [9.17, 15) is 0 Å². The van der Waals surface area contributed by atoms with Crippen LogP contribution in [0, 0.1) is 11.3 Å². The first-order chi connectivity index (χ1) is 12.8. The molecule has 0 amide bonds. The van der Waals surface area contributed by atoms with Gasteiger partial charge in [-0.05, 0) is 42.7 Å². The molecule has 126 valence electrons. The van der Waals surface area contributed by atoms with Crippen molar-refractivity contribution in [1.29, 1.82) is 5.26 Å². The summed E-state index contributed by atoms with van der Waals surface area (Å²) in [6.45, 7) is 0. The third-order valence-corrected chi connectivity index (χ3v) is 4.48. The molecule has 0 aliphatic heterocycles. The van der Waals surface area contributed by atoms with Crippen molar-refractivity contribution in [3.8, 4) is 23.3 Å². The second kappa shape index (κ2) is 5.67. The van der Waals surface area contributed by atoms with E-state index in [1.165, 1.54) is 6.39 Å². The number of fused-ring (bicyclic) bond motifs is 2. The van der Waals surface area contributed by atoms with Crippen molar-refractivity contribution in [3.05, 3.63) is 53.8 Å². The van der Waals surface area contributed by atoms with Crippen LogP contribution >= 0.6 is 0 Å². The van der Waals surface area contributed by atoms with Crippen LogP contribution in [-0.2, 0) is 6.42 Å². The van der Waals surface area contributed by atoms with Gasteiger partial charge in [-0.25, -0.2) is 4.98 Å². The molecule has 26 heavy (non-hydrogen) atoms. The van der Waals surface area contributed by atoms with E-state index in [4.69, 9.17) is 14.4 Å². The van der Waals surface area contributed by atoms with E-state index in [2.05, 4.69) is 25.4 Å². The average molecular weight is 344 g/mol. The highest BCUT2D eigenvalue weighted by Crippen LogP contribution is 2.35. The second-order valence-corrected chi connectivity index (χ2v) is 6.04. The summed E-state index contributed by atoms with van der Waals surface area (Å²) in [4.78, 5) is 3.94. The highest BCUT2D eigenvalue weighted by atomic mass is 16.5. The lowest BCUT2D eigenvalue weighted by Gasteiger charge is -2.13. The zero-order chi connectivity index (χ0) is 17.5. The lowest BCUT2D eigenvalue weighted by atomic mass is 10.1. The van der Waals surface area contributed by atoms with Gasteiger partial charge < -0.3 is 9.15 Å². The predicted octanol–water partition coefficient (Wildman–Crippen LogP) is 2.95. The third kappa shape index (κ3) is 2.29. The number of aryl methyl sites for hydroxylation is 1. The standard InChI is InChI=1S/C18H12N6O2/c19-7-11-5-10-1-4-15(17(10)23-21-11)26-12-2-3-14-13(6-12)18(24-22-14)16-8-20-9-25-16/h2-3,5-6,8-9,15H,1,4H2,(H,22,24)/t15-/m1/s1. The zero-order valence-electron chi connectivity index (χ0n) is 13.5. The molecular weight excluding hydrogens is 332 g/mol. The van der Waals surface area contributed by atoms with E-state index < -0.39 is 0 Å². The number of rotatable bonds is 3. The Balaban J connectivity index is 1.48. The number of aromatic nitrogens is 5. The van der Waals surface area contributed by atoms with Gasteiger partial charge in [-0.3, -0.25) is 5.10 Å². The molecule has 8 heteroatoms. The Hall–Kier alpha value is -3.73. The molecule has 1 N–H and O–H groups in total. The minimum absolute atomic E-state index is 0.177. The maximum atomic E-state index is 8.95. The number of H-pyrrole nitrogens is 1. The van der Waals surface area contributed by atoms with Gasteiger partial charge >= 0.3 is 0 Å². The summed E-state index contributed by atoms with van der Waals surface area (Å²) in [6.07, 6.45) is 4.44. The number of nitriles is 1. The van der Waals surface area contributed by atoms with E-state index in [1.807, 2.05) is 24.3 Å². The van der Waals surface area contributed by atoms with Gasteiger partial charge in [0.15, 0.2) is 17.8 Å². The monoisotopic (exact) mass is 344 g/mol. The highest BCUT2D eigenvalue weighted by molar-refractivity contribution is 5.92. The fourth-order valence-electron chi connectivity index (χ4n) is 3.26. The van der Waals surface area contributed by atoms with Crippen LogP contribution in [0.15, 0.2) is 41.3 Å². The Labute approximate surface area is 147 Å². The Bertz CT molecular complexity index is 1140. The predicted molar refractivity (Wildman–Crippen MR) is 90.0 cm³/mol. The summed E-state index contributed by atoms with van der Waals surface area (Å²) in [5.74, 6) is 1.30. The van der Waals surface area contributed by atoms with Crippen molar-refractivity contribution in [2.24, 2.45) is 0 Å². The topological polar surface area (TPSA) is 114 Å². The van der Waals surface area contributed by atoms with Gasteiger partial charge in [0, 0.05) is 5.39 Å². The number of oxazole rings is 1. The molecule has 1 aliphatic carbocycles. The van der Waals surface area contributed by atoms with Gasteiger partial charge in [0.2, 0.25) is 0 Å². The molecule has 0 saturated heterocycles. The lowest BCUT2D eigenvalue weighted by molar-refractivity contribution is 0.202. The van der Waals surface area contributed by atoms with Gasteiger partial charge in [0.05, 0.1) is 11.7 Å². The molecule has 4 aromatic rings. The van der Waals surface area contributed by atoms with Crippen molar-refractivity contribution in [2.45, 2.75) is 18.9 Å². The highest BCUT2D eigenvalue weighted by Gasteiger charge is 2.27. The maximum absolute atomic E-state index is 8.95. The second-order valence-electron chi connectivity index (χ2n) is 6.04. The number of hydrogen-bond donors (Lipinski definition) is 1. The molecule has 1 aliphatic rings. The van der Waals surface area contributed by atoms with E-state index in [0.29, 0.717) is 22.9 Å². The van der Waals surface area contributed by atoms with Gasteiger partial charge in [-0.2, -0.15) is 15.5 Å². The Morgan fingerprint density at radius 3 is 3.08 bits per heavy atom. The SMILES string of the molecule is N#Cc1cc2c(nn1)[C@H](Oc1ccc3[nH]nc(-c4cnco4)c3c1)CC2. The summed E-state index contributed by atoms with van der Waals surface area (Å²) in [5, 5.41) is 25.2. The lowest BCUT2D eigenvalue weighted by Crippen LogP contribution is -2.07. The first-order valence-corrected chi connectivity index (χ1v) is 8.12. The molecule has 3 aromatic heterocycles. The van der Waals surface area contributed by atoms with Crippen LogP contribution in [0.3, 0.4) is 0 Å². The number of hydrogen-bond acceptors (Lipinski definition) is 7. The van der Waals surface area contributed by atoms with E-state index in [-0.39, 0.29) is 6.10 Å². The van der Waals surface area contributed by atoms with Crippen LogP contribution < -0.4 is 4.74 Å². The van der Waals surface area contributed by atoms with Gasteiger partial charge in [-0.15, -0.1) is 5.10 Å². The molecule has 0 bridgehead atoms.